The van der Waals surface area contributed by atoms with Gasteiger partial charge in [-0.05, 0) is 34.1 Å². The number of hydrogen-bond donors (Lipinski definition) is 2. The van der Waals surface area contributed by atoms with Crippen molar-refractivity contribution in [1.82, 2.24) is 4.72 Å². The van der Waals surface area contributed by atoms with Crippen molar-refractivity contribution in [2.24, 2.45) is 0 Å². The van der Waals surface area contributed by atoms with Crippen molar-refractivity contribution in [2.45, 2.75) is 4.90 Å². The summed E-state index contributed by atoms with van der Waals surface area (Å²) in [5.41, 5.74) is 5.97. The number of sulfonamides is 1. The van der Waals surface area contributed by atoms with Crippen molar-refractivity contribution in [2.75, 3.05) is 39.2 Å². The number of nitrogens with two attached hydrogens (primary N) is 1. The van der Waals surface area contributed by atoms with E-state index >= 15 is 0 Å². The van der Waals surface area contributed by atoms with Crippen LogP contribution in [0.15, 0.2) is 27.6 Å². The van der Waals surface area contributed by atoms with Crippen LogP contribution in [0, 0.1) is 0 Å². The summed E-state index contributed by atoms with van der Waals surface area (Å²) in [7, 11) is -2.02. The van der Waals surface area contributed by atoms with Crippen LogP contribution in [0.3, 0.4) is 0 Å². The minimum Gasteiger partial charge on any atom is -0.399 e. The van der Waals surface area contributed by atoms with Crippen molar-refractivity contribution in [1.29, 1.82) is 0 Å². The fourth-order valence-corrected chi connectivity index (χ4v) is 3.31. The lowest BCUT2D eigenvalue weighted by Crippen LogP contribution is -2.28. The van der Waals surface area contributed by atoms with Crippen molar-refractivity contribution in [3.63, 3.8) is 0 Å². The quantitative estimate of drug-likeness (QED) is 0.537. The van der Waals surface area contributed by atoms with Gasteiger partial charge < -0.3 is 15.2 Å². The molecule has 0 fully saturated rings. The third kappa shape index (κ3) is 5.45. The summed E-state index contributed by atoms with van der Waals surface area (Å²) in [6.45, 7) is 1.38. The van der Waals surface area contributed by atoms with Gasteiger partial charge in [0.1, 0.15) is 0 Å². The molecule has 0 heterocycles. The number of nitrogens with one attached hydrogen (secondary N) is 1. The van der Waals surface area contributed by atoms with Gasteiger partial charge in [-0.2, -0.15) is 0 Å². The van der Waals surface area contributed by atoms with Gasteiger partial charge in [0.05, 0.1) is 24.7 Å². The average molecular weight is 353 g/mol. The second kappa shape index (κ2) is 7.81. The van der Waals surface area contributed by atoms with Crippen LogP contribution < -0.4 is 10.5 Å². The van der Waals surface area contributed by atoms with E-state index in [4.69, 9.17) is 15.2 Å². The van der Waals surface area contributed by atoms with Crippen LogP contribution in [0.1, 0.15) is 0 Å². The van der Waals surface area contributed by atoms with Gasteiger partial charge in [0.15, 0.2) is 0 Å². The molecule has 0 aliphatic heterocycles. The Balaban J connectivity index is 2.54. The summed E-state index contributed by atoms with van der Waals surface area (Å²) in [4.78, 5) is 0.115. The maximum absolute atomic E-state index is 12.0. The molecule has 0 atom stereocenters. The molecule has 3 N–H and O–H groups in total. The second-order valence-corrected chi connectivity index (χ2v) is 6.28. The lowest BCUT2D eigenvalue weighted by molar-refractivity contribution is 0.0736. The molecule has 0 aromatic heterocycles. The number of anilines is 1. The summed E-state index contributed by atoms with van der Waals surface area (Å²) in [6, 6.07) is 4.62. The zero-order valence-corrected chi connectivity index (χ0v) is 13.0. The third-order valence-corrected chi connectivity index (χ3v) is 4.67. The molecular formula is C11H17BrN2O4S. The van der Waals surface area contributed by atoms with E-state index < -0.39 is 10.0 Å². The van der Waals surface area contributed by atoms with E-state index in [1.54, 1.807) is 19.2 Å². The Morgan fingerprint density at radius 2 is 2.05 bits per heavy atom. The second-order valence-electron chi connectivity index (χ2n) is 3.69. The maximum atomic E-state index is 12.0. The van der Waals surface area contributed by atoms with Gasteiger partial charge in [0, 0.05) is 23.8 Å². The zero-order valence-electron chi connectivity index (χ0n) is 10.6. The van der Waals surface area contributed by atoms with Crippen LogP contribution in [0.25, 0.3) is 0 Å². The lowest BCUT2D eigenvalue weighted by atomic mass is 10.3. The predicted molar refractivity (Wildman–Crippen MR) is 76.4 cm³/mol. The van der Waals surface area contributed by atoms with Gasteiger partial charge in [-0.1, -0.05) is 0 Å². The van der Waals surface area contributed by atoms with Gasteiger partial charge in [0.2, 0.25) is 10.0 Å². The summed E-state index contributed by atoms with van der Waals surface area (Å²) < 4.78 is 36.9. The molecule has 1 aromatic rings. The largest absolute Gasteiger partial charge is 0.399 e. The molecule has 1 rings (SSSR count). The molecule has 108 valence electrons. The molecule has 0 amide bonds. The summed E-state index contributed by atoms with van der Waals surface area (Å²) in [6.07, 6.45) is 0. The molecule has 0 radical (unpaired) electrons. The van der Waals surface area contributed by atoms with Crippen LogP contribution >= 0.6 is 15.9 Å². The molecule has 0 aliphatic carbocycles. The SMILES string of the molecule is COCCOCCNS(=O)(=O)c1cc(N)ccc1Br. The Hall–Kier alpha value is -0.670. The van der Waals surface area contributed by atoms with Gasteiger partial charge in [-0.15, -0.1) is 0 Å². The smallest absolute Gasteiger partial charge is 0.241 e. The normalized spacial score (nSPS) is 11.7. The van der Waals surface area contributed by atoms with Gasteiger partial charge in [-0.25, -0.2) is 13.1 Å². The van der Waals surface area contributed by atoms with E-state index in [0.29, 0.717) is 23.4 Å². The lowest BCUT2D eigenvalue weighted by Gasteiger charge is -2.09. The topological polar surface area (TPSA) is 90.6 Å². The number of halogens is 1. The fraction of sp³-hybridized carbons (Fsp3) is 0.455. The maximum Gasteiger partial charge on any atom is 0.241 e. The van der Waals surface area contributed by atoms with E-state index in [1.807, 2.05) is 0 Å². The minimum atomic E-state index is -3.59. The predicted octanol–water partition coefficient (Wildman–Crippen LogP) is 0.973. The van der Waals surface area contributed by atoms with Crippen LogP contribution in [0.4, 0.5) is 5.69 Å². The van der Waals surface area contributed by atoms with Crippen molar-refractivity contribution in [3.05, 3.63) is 22.7 Å². The highest BCUT2D eigenvalue weighted by Crippen LogP contribution is 2.23. The standard InChI is InChI=1S/C11H17BrN2O4S/c1-17-6-7-18-5-4-14-19(15,16)11-8-9(13)2-3-10(11)12/h2-3,8,14H,4-7,13H2,1H3. The molecule has 0 unspecified atom stereocenters. The van der Waals surface area contributed by atoms with E-state index in [0.717, 1.165) is 0 Å². The van der Waals surface area contributed by atoms with Crippen LogP contribution in [0.5, 0.6) is 0 Å². The van der Waals surface area contributed by atoms with E-state index in [1.165, 1.54) is 6.07 Å². The number of methoxy groups -OCH3 is 1. The van der Waals surface area contributed by atoms with Crippen molar-refractivity contribution in [3.8, 4) is 0 Å². The van der Waals surface area contributed by atoms with Crippen LogP contribution in [-0.2, 0) is 19.5 Å². The molecule has 1 aromatic carbocycles. The summed E-state index contributed by atoms with van der Waals surface area (Å²) >= 11 is 3.19. The minimum absolute atomic E-state index is 0.115. The first kappa shape index (κ1) is 16.4. The Labute approximate surface area is 121 Å². The van der Waals surface area contributed by atoms with Crippen molar-refractivity contribution >= 4 is 31.6 Å². The van der Waals surface area contributed by atoms with E-state index in [9.17, 15) is 8.42 Å². The molecule has 6 nitrogen and oxygen atoms in total. The first-order chi connectivity index (χ1) is 8.97. The number of nitrogen functional groups attached to an aromatic ring is 1. The first-order valence-electron chi connectivity index (χ1n) is 5.59. The Morgan fingerprint density at radius 3 is 2.74 bits per heavy atom. The highest BCUT2D eigenvalue weighted by molar-refractivity contribution is 9.10. The summed E-state index contributed by atoms with van der Waals surface area (Å²) in [5.74, 6) is 0. The number of benzene rings is 1. The van der Waals surface area contributed by atoms with Gasteiger partial charge in [-0.3, -0.25) is 0 Å². The highest BCUT2D eigenvalue weighted by Gasteiger charge is 2.17. The fourth-order valence-electron chi connectivity index (χ4n) is 1.30. The zero-order chi connectivity index (χ0) is 14.3. The third-order valence-electron chi connectivity index (χ3n) is 2.22. The molecular weight excluding hydrogens is 336 g/mol. The van der Waals surface area contributed by atoms with Crippen LogP contribution in [0.2, 0.25) is 0 Å². The van der Waals surface area contributed by atoms with Gasteiger partial charge in [0.25, 0.3) is 0 Å². The number of rotatable bonds is 8. The molecule has 8 heteroatoms. The molecule has 0 aliphatic rings. The molecule has 0 spiro atoms. The molecule has 0 bridgehead atoms. The van der Waals surface area contributed by atoms with E-state index in [-0.39, 0.29) is 18.0 Å². The number of ether oxygens (including phenoxy) is 2. The highest BCUT2D eigenvalue weighted by atomic mass is 79.9. The van der Waals surface area contributed by atoms with Gasteiger partial charge >= 0.3 is 0 Å². The monoisotopic (exact) mass is 352 g/mol. The Bertz CT molecular complexity index is 507. The van der Waals surface area contributed by atoms with Crippen molar-refractivity contribution < 1.29 is 17.9 Å². The molecule has 19 heavy (non-hydrogen) atoms. The Kier molecular flexibility index (Phi) is 6.73. The number of hydrogen-bond acceptors (Lipinski definition) is 5. The Morgan fingerprint density at radius 1 is 1.32 bits per heavy atom. The first-order valence-corrected chi connectivity index (χ1v) is 7.86. The molecule has 0 saturated heterocycles. The average Bonchev–Trinajstić information content (AvgIpc) is 2.36. The molecule has 0 saturated carbocycles. The summed E-state index contributed by atoms with van der Waals surface area (Å²) in [5, 5.41) is 0. The van der Waals surface area contributed by atoms with Crippen LogP contribution in [-0.4, -0.2) is 41.9 Å². The van der Waals surface area contributed by atoms with E-state index in [2.05, 4.69) is 20.7 Å².